The van der Waals surface area contributed by atoms with E-state index in [4.69, 9.17) is 18.9 Å². The van der Waals surface area contributed by atoms with Crippen LogP contribution in [0, 0.1) is 5.92 Å². The standard InChI is InChI=1S/C25H31NO7/c1-17(2)21(26-24(29)32-16-18-9-7-6-8-10-18)22(27)33-25(3,4)23(28)31-15-19-11-13-20(30-5)14-12-19/h6-14,17,21H,15-16H2,1-5H3,(H,26,29)/t21-/m0/s1. The number of methoxy groups -OCH3 is 1. The zero-order valence-electron chi connectivity index (χ0n) is 19.6. The molecule has 0 saturated heterocycles. The number of rotatable bonds is 10. The fourth-order valence-corrected chi connectivity index (χ4v) is 2.79. The van der Waals surface area contributed by atoms with E-state index in [0.29, 0.717) is 5.75 Å². The molecular weight excluding hydrogens is 426 g/mol. The van der Waals surface area contributed by atoms with Gasteiger partial charge in [-0.05, 0) is 43.0 Å². The Labute approximate surface area is 194 Å². The first-order valence-electron chi connectivity index (χ1n) is 10.6. The number of esters is 2. The summed E-state index contributed by atoms with van der Waals surface area (Å²) in [6.07, 6.45) is -0.755. The Morgan fingerprint density at radius 2 is 1.45 bits per heavy atom. The summed E-state index contributed by atoms with van der Waals surface area (Å²) in [6.45, 7) is 6.45. The van der Waals surface area contributed by atoms with Gasteiger partial charge in [0.05, 0.1) is 7.11 Å². The van der Waals surface area contributed by atoms with Gasteiger partial charge < -0.3 is 24.3 Å². The Morgan fingerprint density at radius 3 is 2.03 bits per heavy atom. The van der Waals surface area contributed by atoms with Gasteiger partial charge >= 0.3 is 18.0 Å². The monoisotopic (exact) mass is 457 g/mol. The van der Waals surface area contributed by atoms with Crippen molar-refractivity contribution in [2.75, 3.05) is 7.11 Å². The van der Waals surface area contributed by atoms with Gasteiger partial charge in [0, 0.05) is 0 Å². The van der Waals surface area contributed by atoms with E-state index in [9.17, 15) is 14.4 Å². The van der Waals surface area contributed by atoms with Gasteiger partial charge in [0.1, 0.15) is 25.0 Å². The maximum Gasteiger partial charge on any atom is 0.408 e. The van der Waals surface area contributed by atoms with E-state index in [1.807, 2.05) is 30.3 Å². The summed E-state index contributed by atoms with van der Waals surface area (Å²) < 4.78 is 21.0. The van der Waals surface area contributed by atoms with Gasteiger partial charge in [0.2, 0.25) is 5.60 Å². The van der Waals surface area contributed by atoms with Gasteiger partial charge in [-0.15, -0.1) is 0 Å². The van der Waals surface area contributed by atoms with Gasteiger partial charge in [0.25, 0.3) is 0 Å². The van der Waals surface area contributed by atoms with Crippen LogP contribution in [0.5, 0.6) is 5.75 Å². The van der Waals surface area contributed by atoms with Crippen LogP contribution in [0.3, 0.4) is 0 Å². The minimum Gasteiger partial charge on any atom is -0.497 e. The fraction of sp³-hybridized carbons (Fsp3) is 0.400. The van der Waals surface area contributed by atoms with Gasteiger partial charge in [0.15, 0.2) is 0 Å². The minimum atomic E-state index is -1.55. The number of alkyl carbamates (subject to hydrolysis) is 1. The lowest BCUT2D eigenvalue weighted by atomic mass is 10.0. The molecule has 2 aromatic carbocycles. The molecule has 33 heavy (non-hydrogen) atoms. The van der Waals surface area contributed by atoms with Crippen molar-refractivity contribution in [2.24, 2.45) is 5.92 Å². The van der Waals surface area contributed by atoms with Crippen LogP contribution in [-0.4, -0.2) is 36.8 Å². The Kier molecular flexibility index (Phi) is 9.27. The molecule has 1 N–H and O–H groups in total. The molecule has 8 nitrogen and oxygen atoms in total. The van der Waals surface area contributed by atoms with E-state index in [1.54, 1.807) is 45.2 Å². The van der Waals surface area contributed by atoms with Gasteiger partial charge in [-0.2, -0.15) is 0 Å². The molecule has 1 amide bonds. The second-order valence-corrected chi connectivity index (χ2v) is 8.28. The van der Waals surface area contributed by atoms with E-state index in [-0.39, 0.29) is 19.1 Å². The molecule has 0 heterocycles. The van der Waals surface area contributed by atoms with Gasteiger partial charge in [-0.3, -0.25) is 0 Å². The lowest BCUT2D eigenvalue weighted by molar-refractivity contribution is -0.181. The maximum atomic E-state index is 12.7. The molecule has 0 spiro atoms. The highest BCUT2D eigenvalue weighted by molar-refractivity contribution is 5.86. The molecule has 0 aliphatic heterocycles. The Morgan fingerprint density at radius 1 is 0.879 bits per heavy atom. The SMILES string of the molecule is COc1ccc(COC(=O)C(C)(C)OC(=O)[C@@H](NC(=O)OCc2ccccc2)C(C)C)cc1. The number of ether oxygens (including phenoxy) is 4. The number of carbonyl (C=O) groups is 3. The summed E-state index contributed by atoms with van der Waals surface area (Å²) >= 11 is 0. The normalized spacial score (nSPS) is 11.9. The highest BCUT2D eigenvalue weighted by Gasteiger charge is 2.37. The molecule has 0 fully saturated rings. The number of hydrogen-bond donors (Lipinski definition) is 1. The maximum absolute atomic E-state index is 12.7. The fourth-order valence-electron chi connectivity index (χ4n) is 2.79. The smallest absolute Gasteiger partial charge is 0.408 e. The first-order chi connectivity index (χ1) is 15.6. The number of amides is 1. The summed E-state index contributed by atoms with van der Waals surface area (Å²) in [5.41, 5.74) is 0.0259. The molecule has 8 heteroatoms. The van der Waals surface area contributed by atoms with Crippen LogP contribution in [0.2, 0.25) is 0 Å². The van der Waals surface area contributed by atoms with Crippen molar-refractivity contribution in [2.45, 2.75) is 52.6 Å². The van der Waals surface area contributed by atoms with Crippen LogP contribution in [0.25, 0.3) is 0 Å². The zero-order chi connectivity index (χ0) is 24.4. The van der Waals surface area contributed by atoms with Crippen molar-refractivity contribution in [3.8, 4) is 5.75 Å². The van der Waals surface area contributed by atoms with Crippen molar-refractivity contribution in [1.82, 2.24) is 5.32 Å². The van der Waals surface area contributed by atoms with E-state index in [1.165, 1.54) is 13.8 Å². The molecule has 0 unspecified atom stereocenters. The predicted octanol–water partition coefficient (Wildman–Crippen LogP) is 4.01. The topological polar surface area (TPSA) is 100 Å². The Balaban J connectivity index is 1.90. The van der Waals surface area contributed by atoms with Crippen LogP contribution in [0.4, 0.5) is 4.79 Å². The highest BCUT2D eigenvalue weighted by atomic mass is 16.6. The largest absolute Gasteiger partial charge is 0.497 e. The summed E-state index contributed by atoms with van der Waals surface area (Å²) in [7, 11) is 1.56. The first kappa shape index (κ1) is 25.7. The number of carbonyl (C=O) groups excluding carboxylic acids is 3. The van der Waals surface area contributed by atoms with Crippen LogP contribution < -0.4 is 10.1 Å². The van der Waals surface area contributed by atoms with Crippen LogP contribution in [-0.2, 0) is 37.0 Å². The molecule has 0 radical (unpaired) electrons. The molecule has 0 aromatic heterocycles. The quantitative estimate of drug-likeness (QED) is 0.425. The van der Waals surface area contributed by atoms with Crippen molar-refractivity contribution >= 4 is 18.0 Å². The number of hydrogen-bond acceptors (Lipinski definition) is 7. The average Bonchev–Trinajstić information content (AvgIpc) is 2.80. The van der Waals surface area contributed by atoms with E-state index in [0.717, 1.165) is 11.1 Å². The van der Waals surface area contributed by atoms with Crippen molar-refractivity contribution < 1.29 is 33.3 Å². The zero-order valence-corrected chi connectivity index (χ0v) is 19.6. The van der Waals surface area contributed by atoms with Crippen molar-refractivity contribution in [3.63, 3.8) is 0 Å². The highest BCUT2D eigenvalue weighted by Crippen LogP contribution is 2.18. The number of nitrogens with one attached hydrogen (secondary N) is 1. The summed E-state index contributed by atoms with van der Waals surface area (Å²) in [4.78, 5) is 37.5. The summed E-state index contributed by atoms with van der Waals surface area (Å²) in [5, 5.41) is 2.52. The average molecular weight is 458 g/mol. The molecular formula is C25H31NO7. The lowest BCUT2D eigenvalue weighted by Gasteiger charge is -2.27. The third-order valence-corrected chi connectivity index (χ3v) is 4.78. The van der Waals surface area contributed by atoms with Gasteiger partial charge in [-0.25, -0.2) is 14.4 Å². The molecule has 2 rings (SSSR count). The van der Waals surface area contributed by atoms with E-state index >= 15 is 0 Å². The predicted molar refractivity (Wildman–Crippen MR) is 121 cm³/mol. The van der Waals surface area contributed by atoms with Crippen LogP contribution in [0.15, 0.2) is 54.6 Å². The molecule has 0 aliphatic rings. The molecule has 0 bridgehead atoms. The molecule has 0 saturated carbocycles. The second-order valence-electron chi connectivity index (χ2n) is 8.28. The van der Waals surface area contributed by atoms with Crippen LogP contribution >= 0.6 is 0 Å². The minimum absolute atomic E-state index is 0.0154. The molecule has 178 valence electrons. The first-order valence-corrected chi connectivity index (χ1v) is 10.6. The molecule has 1 atom stereocenters. The second kappa shape index (κ2) is 11.9. The third-order valence-electron chi connectivity index (χ3n) is 4.78. The van der Waals surface area contributed by atoms with Gasteiger partial charge in [-0.1, -0.05) is 56.3 Å². The lowest BCUT2D eigenvalue weighted by Crippen LogP contribution is -2.49. The molecule has 2 aromatic rings. The Bertz CT molecular complexity index is 924. The molecule has 0 aliphatic carbocycles. The Hall–Kier alpha value is -3.55. The summed E-state index contributed by atoms with van der Waals surface area (Å²) in [5.74, 6) is -1.07. The van der Waals surface area contributed by atoms with Crippen LogP contribution in [0.1, 0.15) is 38.8 Å². The van der Waals surface area contributed by atoms with Crippen molar-refractivity contribution in [1.29, 1.82) is 0 Å². The summed E-state index contributed by atoms with van der Waals surface area (Å²) in [6, 6.07) is 15.2. The van der Waals surface area contributed by atoms with E-state index < -0.39 is 29.7 Å². The third kappa shape index (κ3) is 8.14. The van der Waals surface area contributed by atoms with Crippen molar-refractivity contribution in [3.05, 3.63) is 65.7 Å². The van der Waals surface area contributed by atoms with E-state index in [2.05, 4.69) is 5.32 Å². The number of benzene rings is 2.